The minimum absolute atomic E-state index is 0.0615. The summed E-state index contributed by atoms with van der Waals surface area (Å²) in [4.78, 5) is 25.8. The number of nitrogens with one attached hydrogen (secondary N) is 2. The van der Waals surface area contributed by atoms with Gasteiger partial charge in [-0.25, -0.2) is 0 Å². The van der Waals surface area contributed by atoms with Crippen LogP contribution in [-0.4, -0.2) is 42.9 Å². The maximum Gasteiger partial charge on any atom is 0.238 e. The summed E-state index contributed by atoms with van der Waals surface area (Å²) in [5, 5.41) is 5.87. The van der Waals surface area contributed by atoms with Crippen LogP contribution in [-0.2, 0) is 9.59 Å². The van der Waals surface area contributed by atoms with Gasteiger partial charge in [-0.1, -0.05) is 32.0 Å². The van der Waals surface area contributed by atoms with E-state index in [0.717, 1.165) is 16.8 Å². The van der Waals surface area contributed by atoms with Crippen molar-refractivity contribution in [3.05, 3.63) is 29.3 Å². The number of hydrogen-bond donors (Lipinski definition) is 2. The summed E-state index contributed by atoms with van der Waals surface area (Å²) < 4.78 is 0. The summed E-state index contributed by atoms with van der Waals surface area (Å²) in [6.07, 6.45) is 0. The molecule has 0 bridgehead atoms. The Labute approximate surface area is 139 Å². The second kappa shape index (κ2) is 8.67. The Kier molecular flexibility index (Phi) is 7.23. The van der Waals surface area contributed by atoms with E-state index in [2.05, 4.69) is 24.5 Å². The van der Waals surface area contributed by atoms with Crippen molar-refractivity contribution in [2.45, 2.75) is 40.7 Å². The first-order valence-corrected chi connectivity index (χ1v) is 8.04. The van der Waals surface area contributed by atoms with Crippen molar-refractivity contribution in [1.29, 1.82) is 0 Å². The van der Waals surface area contributed by atoms with Crippen LogP contribution in [0.3, 0.4) is 0 Å². The van der Waals surface area contributed by atoms with E-state index in [-0.39, 0.29) is 30.9 Å². The Balaban J connectivity index is 2.49. The molecule has 1 rings (SSSR count). The molecular formula is C18H29N3O2. The lowest BCUT2D eigenvalue weighted by Crippen LogP contribution is -2.43. The number of carbonyl (C=O) groups excluding carboxylic acids is 2. The van der Waals surface area contributed by atoms with E-state index in [0.29, 0.717) is 5.92 Å². The van der Waals surface area contributed by atoms with Crippen LogP contribution >= 0.6 is 0 Å². The molecule has 0 spiro atoms. The zero-order valence-corrected chi connectivity index (χ0v) is 15.1. The SMILES string of the molecule is Cc1cccc(C)c1NC(=O)CN(C)CC(=O)N[C@@H](C)C(C)C. The monoisotopic (exact) mass is 319 g/mol. The largest absolute Gasteiger partial charge is 0.352 e. The van der Waals surface area contributed by atoms with E-state index in [1.54, 1.807) is 11.9 Å². The van der Waals surface area contributed by atoms with Crippen molar-refractivity contribution in [2.24, 2.45) is 5.92 Å². The number of likely N-dealkylation sites (N-methyl/N-ethyl adjacent to an activating group) is 1. The van der Waals surface area contributed by atoms with Crippen molar-refractivity contribution in [3.63, 3.8) is 0 Å². The molecule has 0 aliphatic carbocycles. The van der Waals surface area contributed by atoms with Crippen molar-refractivity contribution < 1.29 is 9.59 Å². The molecule has 1 atom stereocenters. The molecule has 0 saturated heterocycles. The molecule has 5 heteroatoms. The highest BCUT2D eigenvalue weighted by atomic mass is 16.2. The first-order chi connectivity index (χ1) is 10.7. The number of benzene rings is 1. The lowest BCUT2D eigenvalue weighted by molar-refractivity contribution is -0.123. The van der Waals surface area contributed by atoms with Crippen LogP contribution in [0.5, 0.6) is 0 Å². The Bertz CT molecular complexity index is 535. The van der Waals surface area contributed by atoms with E-state index >= 15 is 0 Å². The molecule has 23 heavy (non-hydrogen) atoms. The molecule has 0 unspecified atom stereocenters. The maximum absolute atomic E-state index is 12.2. The third-order valence-corrected chi connectivity index (χ3v) is 3.96. The third-order valence-electron chi connectivity index (χ3n) is 3.96. The summed E-state index contributed by atoms with van der Waals surface area (Å²) in [5.41, 5.74) is 2.91. The van der Waals surface area contributed by atoms with Gasteiger partial charge >= 0.3 is 0 Å². The van der Waals surface area contributed by atoms with Gasteiger partial charge in [0.05, 0.1) is 13.1 Å². The Morgan fingerprint density at radius 1 is 1.04 bits per heavy atom. The van der Waals surface area contributed by atoms with Gasteiger partial charge in [-0.2, -0.15) is 0 Å². The zero-order valence-electron chi connectivity index (χ0n) is 15.1. The van der Waals surface area contributed by atoms with Gasteiger partial charge in [-0.05, 0) is 44.9 Å². The van der Waals surface area contributed by atoms with E-state index in [9.17, 15) is 9.59 Å². The number of carbonyl (C=O) groups is 2. The Morgan fingerprint density at radius 3 is 2.09 bits per heavy atom. The average Bonchev–Trinajstić information content (AvgIpc) is 2.42. The Hall–Kier alpha value is -1.88. The first-order valence-electron chi connectivity index (χ1n) is 8.04. The minimum Gasteiger partial charge on any atom is -0.352 e. The quantitative estimate of drug-likeness (QED) is 0.811. The van der Waals surface area contributed by atoms with Gasteiger partial charge in [0, 0.05) is 11.7 Å². The summed E-state index contributed by atoms with van der Waals surface area (Å²) in [7, 11) is 1.77. The van der Waals surface area contributed by atoms with Crippen molar-refractivity contribution in [2.75, 3.05) is 25.5 Å². The molecule has 2 N–H and O–H groups in total. The van der Waals surface area contributed by atoms with Gasteiger partial charge in [0.15, 0.2) is 0 Å². The molecule has 2 amide bonds. The summed E-state index contributed by atoms with van der Waals surface area (Å²) in [6, 6.07) is 6.02. The summed E-state index contributed by atoms with van der Waals surface area (Å²) >= 11 is 0. The molecule has 0 fully saturated rings. The Morgan fingerprint density at radius 2 is 1.57 bits per heavy atom. The highest BCUT2D eigenvalue weighted by Crippen LogP contribution is 2.19. The standard InChI is InChI=1S/C18H29N3O2/c1-12(2)15(5)19-16(22)10-21(6)11-17(23)20-18-13(3)8-7-9-14(18)4/h7-9,12,15H,10-11H2,1-6H3,(H,19,22)(H,20,23)/t15-/m0/s1. The van der Waals surface area contributed by atoms with Gasteiger partial charge < -0.3 is 10.6 Å². The average molecular weight is 319 g/mol. The fourth-order valence-electron chi connectivity index (χ4n) is 2.20. The van der Waals surface area contributed by atoms with Gasteiger partial charge in [0.25, 0.3) is 0 Å². The fourth-order valence-corrected chi connectivity index (χ4v) is 2.20. The topological polar surface area (TPSA) is 61.4 Å². The van der Waals surface area contributed by atoms with Gasteiger partial charge in [0.1, 0.15) is 0 Å². The molecule has 0 aliphatic heterocycles. The molecule has 0 saturated carbocycles. The lowest BCUT2D eigenvalue weighted by atomic mass is 10.1. The predicted molar refractivity (Wildman–Crippen MR) is 94.5 cm³/mol. The van der Waals surface area contributed by atoms with Gasteiger partial charge in [-0.3, -0.25) is 14.5 Å². The van der Waals surface area contributed by atoms with Crippen LogP contribution in [0, 0.1) is 19.8 Å². The molecule has 128 valence electrons. The van der Waals surface area contributed by atoms with Gasteiger partial charge in [0.2, 0.25) is 11.8 Å². The van der Waals surface area contributed by atoms with E-state index < -0.39 is 0 Å². The van der Waals surface area contributed by atoms with Crippen LogP contribution in [0.4, 0.5) is 5.69 Å². The maximum atomic E-state index is 12.2. The van der Waals surface area contributed by atoms with Crippen LogP contribution in [0.25, 0.3) is 0 Å². The summed E-state index contributed by atoms with van der Waals surface area (Å²) in [6.45, 7) is 10.4. The number of hydrogen-bond acceptors (Lipinski definition) is 3. The fraction of sp³-hybridized carbons (Fsp3) is 0.556. The number of aryl methyl sites for hydroxylation is 2. The molecule has 1 aromatic carbocycles. The van der Waals surface area contributed by atoms with Crippen molar-refractivity contribution in [3.8, 4) is 0 Å². The molecular weight excluding hydrogens is 290 g/mol. The number of nitrogens with zero attached hydrogens (tertiary/aromatic N) is 1. The van der Waals surface area contributed by atoms with Crippen molar-refractivity contribution in [1.82, 2.24) is 10.2 Å². The molecule has 1 aromatic rings. The second-order valence-corrected chi connectivity index (χ2v) is 6.59. The molecule has 0 radical (unpaired) electrons. The highest BCUT2D eigenvalue weighted by molar-refractivity contribution is 5.94. The van der Waals surface area contributed by atoms with Crippen molar-refractivity contribution >= 4 is 17.5 Å². The van der Waals surface area contributed by atoms with E-state index in [4.69, 9.17) is 0 Å². The number of para-hydroxylation sites is 1. The number of rotatable bonds is 7. The third kappa shape index (κ3) is 6.40. The molecule has 0 aliphatic rings. The highest BCUT2D eigenvalue weighted by Gasteiger charge is 2.15. The van der Waals surface area contributed by atoms with Crippen LogP contribution < -0.4 is 10.6 Å². The normalized spacial score (nSPS) is 12.3. The first kappa shape index (κ1) is 19.2. The van der Waals surface area contributed by atoms with Crippen LogP contribution in [0.1, 0.15) is 31.9 Å². The second-order valence-electron chi connectivity index (χ2n) is 6.59. The molecule has 0 heterocycles. The number of anilines is 1. The predicted octanol–water partition coefficient (Wildman–Crippen LogP) is 2.33. The number of amides is 2. The smallest absolute Gasteiger partial charge is 0.238 e. The zero-order chi connectivity index (χ0) is 17.6. The lowest BCUT2D eigenvalue weighted by Gasteiger charge is -2.21. The van der Waals surface area contributed by atoms with Crippen LogP contribution in [0.15, 0.2) is 18.2 Å². The molecule has 0 aromatic heterocycles. The van der Waals surface area contributed by atoms with E-state index in [1.165, 1.54) is 0 Å². The molecule has 5 nitrogen and oxygen atoms in total. The minimum atomic E-state index is -0.116. The van der Waals surface area contributed by atoms with Gasteiger partial charge in [-0.15, -0.1) is 0 Å². The van der Waals surface area contributed by atoms with E-state index in [1.807, 2.05) is 39.0 Å². The van der Waals surface area contributed by atoms with Crippen LogP contribution in [0.2, 0.25) is 0 Å². The summed E-state index contributed by atoms with van der Waals surface area (Å²) in [5.74, 6) is 0.208.